The van der Waals surface area contributed by atoms with E-state index in [9.17, 15) is 13.2 Å². The molecule has 0 spiro atoms. The first kappa shape index (κ1) is 23.1. The van der Waals surface area contributed by atoms with E-state index in [1.807, 2.05) is 26.0 Å². The molecule has 0 fully saturated rings. The van der Waals surface area contributed by atoms with E-state index in [4.69, 9.17) is 23.2 Å². The molecule has 0 radical (unpaired) electrons. The molecule has 3 rings (SSSR count). The number of nitrogens with one attached hydrogen (secondary N) is 1. The highest BCUT2D eigenvalue weighted by molar-refractivity contribution is 7.92. The van der Waals surface area contributed by atoms with Gasteiger partial charge in [-0.25, -0.2) is 8.42 Å². The molecule has 0 bridgehead atoms. The van der Waals surface area contributed by atoms with Crippen LogP contribution in [0.3, 0.4) is 0 Å². The smallest absolute Gasteiger partial charge is 0.263 e. The van der Waals surface area contributed by atoms with Gasteiger partial charge in [-0.05, 0) is 67.9 Å². The summed E-state index contributed by atoms with van der Waals surface area (Å²) >= 11 is 11.9. The third-order valence-electron chi connectivity index (χ3n) is 4.53. The minimum absolute atomic E-state index is 0.0316. The summed E-state index contributed by atoms with van der Waals surface area (Å²) in [6.45, 7) is 4.29. The van der Waals surface area contributed by atoms with E-state index < -0.39 is 10.0 Å². The molecule has 0 atom stereocenters. The van der Waals surface area contributed by atoms with E-state index in [0.717, 1.165) is 5.56 Å². The Labute approximate surface area is 191 Å². The number of hydrogen-bond donors (Lipinski definition) is 1. The molecule has 0 saturated heterocycles. The van der Waals surface area contributed by atoms with Gasteiger partial charge in [0.15, 0.2) is 0 Å². The SMILES string of the molecule is CC(C)N(Cc1cccnc1)C(=O)c1ccc(NS(=O)(=O)c2cc(Cl)ccc2Cl)cc1. The number of nitrogens with zero attached hydrogens (tertiary/aromatic N) is 2. The zero-order valence-corrected chi connectivity index (χ0v) is 19.2. The van der Waals surface area contributed by atoms with Crippen LogP contribution in [0.1, 0.15) is 29.8 Å². The van der Waals surface area contributed by atoms with E-state index >= 15 is 0 Å². The lowest BCUT2D eigenvalue weighted by molar-refractivity contribution is 0.0690. The van der Waals surface area contributed by atoms with Crippen LogP contribution < -0.4 is 4.72 Å². The number of halogens is 2. The van der Waals surface area contributed by atoms with Crippen molar-refractivity contribution in [2.75, 3.05) is 4.72 Å². The van der Waals surface area contributed by atoms with Crippen molar-refractivity contribution in [3.8, 4) is 0 Å². The minimum atomic E-state index is -3.94. The number of aromatic nitrogens is 1. The standard InChI is InChI=1S/C22H21Cl2N3O3S/c1-15(2)27(14-16-4-3-11-25-13-16)22(28)17-5-8-19(9-6-17)26-31(29,30)21-12-18(23)7-10-20(21)24/h3-13,15,26H,14H2,1-2H3. The average molecular weight is 478 g/mol. The van der Waals surface area contributed by atoms with Gasteiger partial charge in [0, 0.05) is 41.3 Å². The lowest BCUT2D eigenvalue weighted by Gasteiger charge is -2.27. The number of amides is 1. The van der Waals surface area contributed by atoms with Gasteiger partial charge in [-0.15, -0.1) is 0 Å². The molecule has 6 nitrogen and oxygen atoms in total. The Balaban J connectivity index is 1.78. The highest BCUT2D eigenvalue weighted by Crippen LogP contribution is 2.27. The van der Waals surface area contributed by atoms with Gasteiger partial charge in [0.25, 0.3) is 15.9 Å². The van der Waals surface area contributed by atoms with Crippen molar-refractivity contribution in [3.63, 3.8) is 0 Å². The van der Waals surface area contributed by atoms with Gasteiger partial charge in [-0.3, -0.25) is 14.5 Å². The topological polar surface area (TPSA) is 79.4 Å². The number of anilines is 1. The fourth-order valence-corrected chi connectivity index (χ4v) is 4.74. The van der Waals surface area contributed by atoms with Gasteiger partial charge < -0.3 is 4.90 Å². The summed E-state index contributed by atoms with van der Waals surface area (Å²) in [5, 5.41) is 0.319. The Bertz CT molecular complexity index is 1170. The van der Waals surface area contributed by atoms with Crippen LogP contribution >= 0.6 is 23.2 Å². The molecule has 0 aliphatic heterocycles. The number of pyridine rings is 1. The van der Waals surface area contributed by atoms with Gasteiger partial charge in [0.1, 0.15) is 4.90 Å². The Kier molecular flexibility index (Phi) is 7.20. The second-order valence-electron chi connectivity index (χ2n) is 7.15. The van der Waals surface area contributed by atoms with Crippen LogP contribution in [-0.2, 0) is 16.6 Å². The van der Waals surface area contributed by atoms with Crippen molar-refractivity contribution in [1.82, 2.24) is 9.88 Å². The number of carbonyl (C=O) groups is 1. The van der Waals surface area contributed by atoms with Crippen molar-refractivity contribution in [3.05, 3.63) is 88.2 Å². The van der Waals surface area contributed by atoms with Crippen LogP contribution in [0.15, 0.2) is 71.9 Å². The van der Waals surface area contributed by atoms with Crippen molar-refractivity contribution in [1.29, 1.82) is 0 Å². The highest BCUT2D eigenvalue weighted by atomic mass is 35.5. The molecule has 0 aliphatic carbocycles. The fourth-order valence-electron chi connectivity index (χ4n) is 2.92. The van der Waals surface area contributed by atoms with Crippen LogP contribution in [0.2, 0.25) is 10.0 Å². The molecule has 0 aliphatic rings. The van der Waals surface area contributed by atoms with Crippen molar-refractivity contribution in [2.24, 2.45) is 0 Å². The molecule has 1 amide bonds. The molecule has 0 saturated carbocycles. The Morgan fingerprint density at radius 2 is 1.81 bits per heavy atom. The number of benzene rings is 2. The first-order valence-electron chi connectivity index (χ1n) is 9.45. The highest BCUT2D eigenvalue weighted by Gasteiger charge is 2.21. The molecule has 3 aromatic rings. The van der Waals surface area contributed by atoms with Crippen molar-refractivity contribution in [2.45, 2.75) is 31.3 Å². The zero-order chi connectivity index (χ0) is 22.6. The molecule has 1 heterocycles. The predicted molar refractivity (Wildman–Crippen MR) is 123 cm³/mol. The lowest BCUT2D eigenvalue weighted by atomic mass is 10.1. The largest absolute Gasteiger partial charge is 0.332 e. The van der Waals surface area contributed by atoms with E-state index in [0.29, 0.717) is 17.8 Å². The summed E-state index contributed by atoms with van der Waals surface area (Å²) in [7, 11) is -3.94. The van der Waals surface area contributed by atoms with Crippen LogP contribution in [0.4, 0.5) is 5.69 Å². The molecule has 9 heteroatoms. The minimum Gasteiger partial charge on any atom is -0.332 e. The normalized spacial score (nSPS) is 11.4. The van der Waals surface area contributed by atoms with Crippen LogP contribution in [-0.4, -0.2) is 30.3 Å². The third-order valence-corrected chi connectivity index (χ3v) is 6.62. The Hall–Kier alpha value is -2.61. The second kappa shape index (κ2) is 9.68. The van der Waals surface area contributed by atoms with E-state index in [1.165, 1.54) is 30.3 Å². The van der Waals surface area contributed by atoms with Crippen molar-refractivity contribution >= 4 is 44.8 Å². The van der Waals surface area contributed by atoms with Gasteiger partial charge in [0.2, 0.25) is 0 Å². The Morgan fingerprint density at radius 3 is 2.42 bits per heavy atom. The maximum Gasteiger partial charge on any atom is 0.263 e. The number of carbonyl (C=O) groups excluding carboxylic acids is 1. The van der Waals surface area contributed by atoms with Crippen LogP contribution in [0, 0.1) is 0 Å². The van der Waals surface area contributed by atoms with Crippen LogP contribution in [0.5, 0.6) is 0 Å². The predicted octanol–water partition coefficient (Wildman–Crippen LogP) is 5.24. The Morgan fingerprint density at radius 1 is 1.10 bits per heavy atom. The maximum atomic E-state index is 13.0. The van der Waals surface area contributed by atoms with Gasteiger partial charge in [-0.2, -0.15) is 0 Å². The molecule has 0 unspecified atom stereocenters. The maximum absolute atomic E-state index is 13.0. The number of rotatable bonds is 7. The number of sulfonamides is 1. The molecule has 2 aromatic carbocycles. The quantitative estimate of drug-likeness (QED) is 0.504. The molecule has 1 N–H and O–H groups in total. The fraction of sp³-hybridized carbons (Fsp3) is 0.182. The average Bonchev–Trinajstić information content (AvgIpc) is 2.74. The van der Waals surface area contributed by atoms with Gasteiger partial charge >= 0.3 is 0 Å². The molecule has 1 aromatic heterocycles. The summed E-state index contributed by atoms with van der Waals surface area (Å²) in [5.74, 6) is -0.161. The number of hydrogen-bond acceptors (Lipinski definition) is 4. The van der Waals surface area contributed by atoms with Gasteiger partial charge in [0.05, 0.1) is 5.02 Å². The summed E-state index contributed by atoms with van der Waals surface area (Å²) in [6, 6.07) is 14.1. The third kappa shape index (κ3) is 5.76. The van der Waals surface area contributed by atoms with E-state index in [1.54, 1.807) is 29.4 Å². The summed E-state index contributed by atoms with van der Waals surface area (Å²) in [5.41, 5.74) is 1.67. The van der Waals surface area contributed by atoms with E-state index in [-0.39, 0.29) is 26.9 Å². The molecule has 31 heavy (non-hydrogen) atoms. The first-order chi connectivity index (χ1) is 14.7. The van der Waals surface area contributed by atoms with Crippen molar-refractivity contribution < 1.29 is 13.2 Å². The molecular formula is C22H21Cl2N3O3S. The molecule has 162 valence electrons. The summed E-state index contributed by atoms with van der Waals surface area (Å²) in [6.07, 6.45) is 3.41. The van der Waals surface area contributed by atoms with E-state index in [2.05, 4.69) is 9.71 Å². The second-order valence-corrected chi connectivity index (χ2v) is 9.64. The zero-order valence-electron chi connectivity index (χ0n) is 16.9. The summed E-state index contributed by atoms with van der Waals surface area (Å²) < 4.78 is 27.8. The lowest BCUT2D eigenvalue weighted by Crippen LogP contribution is -2.36. The first-order valence-corrected chi connectivity index (χ1v) is 11.7. The molecular weight excluding hydrogens is 457 g/mol. The van der Waals surface area contributed by atoms with Gasteiger partial charge in [-0.1, -0.05) is 29.3 Å². The van der Waals surface area contributed by atoms with Crippen LogP contribution in [0.25, 0.3) is 0 Å². The summed E-state index contributed by atoms with van der Waals surface area (Å²) in [4.78, 5) is 18.7. The monoisotopic (exact) mass is 477 g/mol.